The van der Waals surface area contributed by atoms with Gasteiger partial charge in [0.1, 0.15) is 4.99 Å². The average Bonchev–Trinajstić information content (AvgIpc) is 2.39. The lowest BCUT2D eigenvalue weighted by Gasteiger charge is -2.34. The van der Waals surface area contributed by atoms with E-state index in [-0.39, 0.29) is 0 Å². The van der Waals surface area contributed by atoms with Crippen LogP contribution < -0.4 is 10.6 Å². The van der Waals surface area contributed by atoms with Crippen LogP contribution >= 0.6 is 12.2 Å². The number of methoxy groups -OCH3 is 1. The molecule has 2 N–H and O–H groups in total. The molecule has 0 bridgehead atoms. The second kappa shape index (κ2) is 6.16. The van der Waals surface area contributed by atoms with Gasteiger partial charge in [0.25, 0.3) is 0 Å². The molecule has 0 radical (unpaired) electrons. The van der Waals surface area contributed by atoms with Gasteiger partial charge in [-0.15, -0.1) is 0 Å². The largest absolute Gasteiger partial charge is 0.389 e. The van der Waals surface area contributed by atoms with Gasteiger partial charge in [-0.1, -0.05) is 12.2 Å². The van der Waals surface area contributed by atoms with Crippen molar-refractivity contribution in [1.29, 1.82) is 0 Å². The van der Waals surface area contributed by atoms with Crippen molar-refractivity contribution < 1.29 is 4.74 Å². The van der Waals surface area contributed by atoms with Crippen LogP contribution in [0.5, 0.6) is 0 Å². The summed E-state index contributed by atoms with van der Waals surface area (Å²) in [5.74, 6) is 0.638. The highest BCUT2D eigenvalue weighted by Crippen LogP contribution is 2.23. The van der Waals surface area contributed by atoms with Crippen LogP contribution in [-0.2, 0) is 4.74 Å². The minimum Gasteiger partial charge on any atom is -0.389 e. The monoisotopic (exact) mass is 264 g/mol. The van der Waals surface area contributed by atoms with Crippen molar-refractivity contribution in [3.63, 3.8) is 0 Å². The summed E-state index contributed by atoms with van der Waals surface area (Å²) in [6.07, 6.45) is 2.49. The molecule has 98 valence electrons. The van der Waals surface area contributed by atoms with Crippen molar-refractivity contribution in [1.82, 2.24) is 0 Å². The summed E-state index contributed by atoms with van der Waals surface area (Å²) in [5, 5.41) is 0. The van der Waals surface area contributed by atoms with Crippen LogP contribution in [0, 0.1) is 5.92 Å². The van der Waals surface area contributed by atoms with Gasteiger partial charge in [-0.05, 0) is 43.0 Å². The predicted octanol–water partition coefficient (Wildman–Crippen LogP) is 2.18. The van der Waals surface area contributed by atoms with E-state index in [1.54, 1.807) is 7.11 Å². The predicted molar refractivity (Wildman–Crippen MR) is 79.1 cm³/mol. The molecule has 1 aliphatic rings. The Morgan fingerprint density at radius 3 is 2.78 bits per heavy atom. The molecule has 1 atom stereocenters. The highest BCUT2D eigenvalue weighted by atomic mass is 32.1. The molecule has 4 heteroatoms. The average molecular weight is 264 g/mol. The molecule has 0 amide bonds. The summed E-state index contributed by atoms with van der Waals surface area (Å²) in [5.41, 5.74) is 7.78. The zero-order valence-corrected chi connectivity index (χ0v) is 11.6. The molecule has 3 nitrogen and oxygen atoms in total. The number of nitrogens with zero attached hydrogens (tertiary/aromatic N) is 1. The number of hydrogen-bond donors (Lipinski definition) is 1. The summed E-state index contributed by atoms with van der Waals surface area (Å²) in [7, 11) is 1.77. The Hall–Kier alpha value is -1.13. The molecule has 0 spiro atoms. The van der Waals surface area contributed by atoms with E-state index in [1.807, 2.05) is 12.1 Å². The number of nitrogens with two attached hydrogens (primary N) is 1. The number of hydrogen-bond acceptors (Lipinski definition) is 3. The molecule has 18 heavy (non-hydrogen) atoms. The number of thiocarbonyl (C=S) groups is 1. The van der Waals surface area contributed by atoms with Gasteiger partial charge < -0.3 is 15.4 Å². The number of rotatable bonds is 4. The van der Waals surface area contributed by atoms with Crippen molar-refractivity contribution in [2.45, 2.75) is 12.8 Å². The van der Waals surface area contributed by atoms with E-state index in [0.717, 1.165) is 25.3 Å². The Balaban J connectivity index is 2.04. The van der Waals surface area contributed by atoms with Crippen LogP contribution in [0.4, 0.5) is 5.69 Å². The molecule has 1 unspecified atom stereocenters. The lowest BCUT2D eigenvalue weighted by atomic mass is 9.98. The summed E-state index contributed by atoms with van der Waals surface area (Å²) in [6, 6.07) is 8.20. The molecular formula is C14H20N2OS. The van der Waals surface area contributed by atoms with Crippen molar-refractivity contribution in [3.8, 4) is 0 Å². The Labute approximate surface area is 114 Å². The first-order chi connectivity index (χ1) is 8.70. The maximum atomic E-state index is 5.61. The third-order valence-electron chi connectivity index (χ3n) is 3.44. The van der Waals surface area contributed by atoms with E-state index in [4.69, 9.17) is 22.7 Å². The van der Waals surface area contributed by atoms with Crippen molar-refractivity contribution in [3.05, 3.63) is 29.8 Å². The normalized spacial score (nSPS) is 19.8. The highest BCUT2D eigenvalue weighted by Gasteiger charge is 2.19. The van der Waals surface area contributed by atoms with Crippen LogP contribution in [0.25, 0.3) is 0 Å². The van der Waals surface area contributed by atoms with Crippen LogP contribution in [0.15, 0.2) is 24.3 Å². The number of ether oxygens (including phenoxy) is 1. The first-order valence-electron chi connectivity index (χ1n) is 6.34. The fourth-order valence-corrected chi connectivity index (χ4v) is 2.64. The fraction of sp³-hybridized carbons (Fsp3) is 0.500. The molecule has 1 aromatic rings. The number of piperidine rings is 1. The summed E-state index contributed by atoms with van der Waals surface area (Å²) in [6.45, 7) is 3.04. The zero-order valence-electron chi connectivity index (χ0n) is 10.8. The molecule has 1 aromatic carbocycles. The highest BCUT2D eigenvalue weighted by molar-refractivity contribution is 7.80. The van der Waals surface area contributed by atoms with Crippen molar-refractivity contribution in [2.75, 3.05) is 31.7 Å². The minimum absolute atomic E-state index is 0.456. The Morgan fingerprint density at radius 1 is 1.44 bits per heavy atom. The van der Waals surface area contributed by atoms with E-state index in [9.17, 15) is 0 Å². The maximum Gasteiger partial charge on any atom is 0.103 e. The number of anilines is 1. The molecule has 1 saturated heterocycles. The van der Waals surface area contributed by atoms with Gasteiger partial charge in [0, 0.05) is 31.5 Å². The standard InChI is InChI=1S/C14H20N2OS/c1-17-10-11-3-2-8-16(9-11)13-6-4-12(5-7-13)14(15)18/h4-7,11H,2-3,8-10H2,1H3,(H2,15,18). The van der Waals surface area contributed by atoms with E-state index in [0.29, 0.717) is 10.9 Å². The van der Waals surface area contributed by atoms with Gasteiger partial charge in [0.05, 0.1) is 6.61 Å². The van der Waals surface area contributed by atoms with Gasteiger partial charge in [-0.2, -0.15) is 0 Å². The summed E-state index contributed by atoms with van der Waals surface area (Å²) in [4.78, 5) is 2.87. The van der Waals surface area contributed by atoms with Gasteiger partial charge in [-0.3, -0.25) is 0 Å². The van der Waals surface area contributed by atoms with Crippen LogP contribution in [0.3, 0.4) is 0 Å². The summed E-state index contributed by atoms with van der Waals surface area (Å²) >= 11 is 4.96. The van der Waals surface area contributed by atoms with Crippen LogP contribution in [0.2, 0.25) is 0 Å². The molecule has 0 saturated carbocycles. The Morgan fingerprint density at radius 2 is 2.17 bits per heavy atom. The topological polar surface area (TPSA) is 38.5 Å². The molecule has 2 rings (SSSR count). The smallest absolute Gasteiger partial charge is 0.103 e. The second-order valence-corrected chi connectivity index (χ2v) is 5.26. The lowest BCUT2D eigenvalue weighted by Crippen LogP contribution is -2.37. The lowest BCUT2D eigenvalue weighted by molar-refractivity contribution is 0.143. The minimum atomic E-state index is 0.456. The quantitative estimate of drug-likeness (QED) is 0.846. The summed E-state index contributed by atoms with van der Waals surface area (Å²) < 4.78 is 5.26. The third-order valence-corrected chi connectivity index (χ3v) is 3.67. The van der Waals surface area contributed by atoms with Gasteiger partial charge >= 0.3 is 0 Å². The second-order valence-electron chi connectivity index (χ2n) is 4.82. The maximum absolute atomic E-state index is 5.61. The fourth-order valence-electron chi connectivity index (χ4n) is 2.51. The van der Waals surface area contributed by atoms with E-state index in [1.165, 1.54) is 18.5 Å². The Kier molecular flexibility index (Phi) is 4.55. The first-order valence-corrected chi connectivity index (χ1v) is 6.75. The van der Waals surface area contributed by atoms with E-state index >= 15 is 0 Å². The van der Waals surface area contributed by atoms with Crippen LogP contribution in [-0.4, -0.2) is 31.8 Å². The van der Waals surface area contributed by atoms with E-state index in [2.05, 4.69) is 17.0 Å². The molecule has 0 aliphatic carbocycles. The Bertz CT molecular complexity index is 403. The third kappa shape index (κ3) is 3.21. The zero-order chi connectivity index (χ0) is 13.0. The molecule has 1 aliphatic heterocycles. The first kappa shape index (κ1) is 13.3. The van der Waals surface area contributed by atoms with Gasteiger partial charge in [0.2, 0.25) is 0 Å². The molecule has 1 heterocycles. The SMILES string of the molecule is COCC1CCCN(c2ccc(C(N)=S)cc2)C1. The van der Waals surface area contributed by atoms with Gasteiger partial charge in [-0.25, -0.2) is 0 Å². The number of benzene rings is 1. The van der Waals surface area contributed by atoms with Crippen molar-refractivity contribution in [2.24, 2.45) is 11.7 Å². The molecule has 1 fully saturated rings. The van der Waals surface area contributed by atoms with Gasteiger partial charge in [0.15, 0.2) is 0 Å². The van der Waals surface area contributed by atoms with Crippen LogP contribution in [0.1, 0.15) is 18.4 Å². The van der Waals surface area contributed by atoms with Crippen molar-refractivity contribution >= 4 is 22.9 Å². The molecule has 0 aromatic heterocycles. The van der Waals surface area contributed by atoms with E-state index < -0.39 is 0 Å². The molecular weight excluding hydrogens is 244 g/mol.